The van der Waals surface area contributed by atoms with Crippen LogP contribution in [0.1, 0.15) is 23.2 Å². The summed E-state index contributed by atoms with van der Waals surface area (Å²) in [6, 6.07) is 5.24. The predicted molar refractivity (Wildman–Crippen MR) is 74.4 cm³/mol. The Morgan fingerprint density at radius 1 is 1.39 bits per heavy atom. The zero-order valence-electron chi connectivity index (χ0n) is 10.2. The molecule has 0 bridgehead atoms. The van der Waals surface area contributed by atoms with Gasteiger partial charge in [-0.15, -0.1) is 0 Å². The van der Waals surface area contributed by atoms with Gasteiger partial charge in [0, 0.05) is 34.7 Å². The summed E-state index contributed by atoms with van der Waals surface area (Å²) in [5.41, 5.74) is 0.565. The van der Waals surface area contributed by atoms with E-state index in [-0.39, 0.29) is 11.9 Å². The lowest BCUT2D eigenvalue weighted by Gasteiger charge is -2.24. The molecule has 1 aromatic rings. The summed E-state index contributed by atoms with van der Waals surface area (Å²) in [5, 5.41) is 4.11. The second kappa shape index (κ2) is 5.91. The van der Waals surface area contributed by atoms with Gasteiger partial charge in [-0.05, 0) is 38.1 Å². The smallest absolute Gasteiger partial charge is 0.254 e. The number of amides is 1. The van der Waals surface area contributed by atoms with Crippen molar-refractivity contribution in [3.8, 4) is 0 Å². The number of hydrogen-bond donors (Lipinski definition) is 1. The van der Waals surface area contributed by atoms with Crippen LogP contribution in [-0.2, 0) is 0 Å². The molecule has 1 heterocycles. The van der Waals surface area contributed by atoms with Crippen molar-refractivity contribution >= 4 is 29.1 Å². The first-order valence-electron chi connectivity index (χ1n) is 6.03. The molecule has 0 aromatic heterocycles. The largest absolute Gasteiger partial charge is 0.334 e. The third-order valence-electron chi connectivity index (χ3n) is 3.19. The first-order chi connectivity index (χ1) is 8.61. The third-order valence-corrected chi connectivity index (χ3v) is 3.62. The highest BCUT2D eigenvalue weighted by Gasteiger charge is 2.28. The van der Waals surface area contributed by atoms with Crippen LogP contribution in [0.15, 0.2) is 18.2 Å². The van der Waals surface area contributed by atoms with Crippen LogP contribution in [0, 0.1) is 0 Å². The highest BCUT2D eigenvalue weighted by atomic mass is 35.5. The number of carbonyl (C=O) groups is 1. The van der Waals surface area contributed by atoms with Gasteiger partial charge in [0.2, 0.25) is 0 Å². The summed E-state index contributed by atoms with van der Waals surface area (Å²) in [4.78, 5) is 14.3. The Balaban J connectivity index is 2.19. The van der Waals surface area contributed by atoms with Crippen molar-refractivity contribution in [3.05, 3.63) is 33.8 Å². The molecule has 1 atom stereocenters. The Kier molecular flexibility index (Phi) is 4.49. The third kappa shape index (κ3) is 2.97. The Morgan fingerprint density at radius 3 is 2.67 bits per heavy atom. The molecular weight excluding hydrogens is 271 g/mol. The maximum absolute atomic E-state index is 12.4. The Hall–Kier alpha value is -0.770. The van der Waals surface area contributed by atoms with Gasteiger partial charge in [-0.25, -0.2) is 0 Å². The minimum Gasteiger partial charge on any atom is -0.334 e. The van der Waals surface area contributed by atoms with E-state index in [0.717, 1.165) is 25.9 Å². The fourth-order valence-electron chi connectivity index (χ4n) is 2.39. The molecule has 1 unspecified atom stereocenters. The topological polar surface area (TPSA) is 32.3 Å². The van der Waals surface area contributed by atoms with Crippen molar-refractivity contribution in [2.75, 3.05) is 20.1 Å². The predicted octanol–water partition coefficient (Wildman–Crippen LogP) is 2.82. The zero-order chi connectivity index (χ0) is 13.1. The molecule has 0 radical (unpaired) electrons. The SMILES string of the molecule is CNCC1CCCN1C(=O)c1cc(Cl)cc(Cl)c1. The number of likely N-dealkylation sites (N-methyl/N-ethyl adjacent to an activating group) is 1. The lowest BCUT2D eigenvalue weighted by Crippen LogP contribution is -2.40. The van der Waals surface area contributed by atoms with Gasteiger partial charge in [-0.2, -0.15) is 0 Å². The van der Waals surface area contributed by atoms with Crippen molar-refractivity contribution in [1.29, 1.82) is 0 Å². The number of likely N-dealkylation sites (tertiary alicyclic amines) is 1. The summed E-state index contributed by atoms with van der Waals surface area (Å²) in [5.74, 6) is 0.0113. The molecule has 5 heteroatoms. The van der Waals surface area contributed by atoms with Crippen molar-refractivity contribution in [1.82, 2.24) is 10.2 Å². The molecule has 0 spiro atoms. The van der Waals surface area contributed by atoms with Crippen LogP contribution < -0.4 is 5.32 Å². The van der Waals surface area contributed by atoms with Crippen LogP contribution in [0.5, 0.6) is 0 Å². The average Bonchev–Trinajstić information content (AvgIpc) is 2.75. The molecule has 1 N–H and O–H groups in total. The molecule has 1 aliphatic heterocycles. The standard InChI is InChI=1S/C13H16Cl2N2O/c1-16-8-12-3-2-4-17(12)13(18)9-5-10(14)7-11(15)6-9/h5-7,12,16H,2-4,8H2,1H3. The first kappa shape index (κ1) is 13.7. The molecule has 0 saturated carbocycles. The van der Waals surface area contributed by atoms with Crippen LogP contribution in [-0.4, -0.2) is 37.0 Å². The molecule has 1 aliphatic rings. The number of nitrogens with one attached hydrogen (secondary N) is 1. The van der Waals surface area contributed by atoms with Crippen LogP contribution in [0.4, 0.5) is 0 Å². The summed E-state index contributed by atoms with van der Waals surface area (Å²) in [7, 11) is 1.90. The van der Waals surface area contributed by atoms with Gasteiger partial charge >= 0.3 is 0 Å². The van der Waals surface area contributed by atoms with Gasteiger partial charge in [-0.1, -0.05) is 23.2 Å². The number of benzene rings is 1. The Morgan fingerprint density at radius 2 is 2.06 bits per heavy atom. The van der Waals surface area contributed by atoms with E-state index in [9.17, 15) is 4.79 Å². The highest BCUT2D eigenvalue weighted by Crippen LogP contribution is 2.24. The summed E-state index contributed by atoms with van der Waals surface area (Å²) < 4.78 is 0. The van der Waals surface area contributed by atoms with E-state index < -0.39 is 0 Å². The number of rotatable bonds is 3. The second-order valence-corrected chi connectivity index (χ2v) is 5.38. The molecular formula is C13H16Cl2N2O. The summed E-state index contributed by atoms with van der Waals surface area (Å²) >= 11 is 11.9. The number of halogens is 2. The minimum atomic E-state index is 0.0113. The van der Waals surface area contributed by atoms with E-state index >= 15 is 0 Å². The lowest BCUT2D eigenvalue weighted by molar-refractivity contribution is 0.0737. The number of carbonyl (C=O) groups excluding carboxylic acids is 1. The van der Waals surface area contributed by atoms with E-state index in [1.807, 2.05) is 11.9 Å². The lowest BCUT2D eigenvalue weighted by atomic mass is 10.1. The zero-order valence-corrected chi connectivity index (χ0v) is 11.8. The van der Waals surface area contributed by atoms with Crippen LogP contribution >= 0.6 is 23.2 Å². The Labute approximate surface area is 117 Å². The fourth-order valence-corrected chi connectivity index (χ4v) is 2.92. The van der Waals surface area contributed by atoms with Gasteiger partial charge < -0.3 is 10.2 Å². The maximum atomic E-state index is 12.4. The van der Waals surface area contributed by atoms with Gasteiger partial charge in [0.05, 0.1) is 0 Å². The Bertz CT molecular complexity index is 430. The molecule has 1 amide bonds. The van der Waals surface area contributed by atoms with Crippen LogP contribution in [0.25, 0.3) is 0 Å². The maximum Gasteiger partial charge on any atom is 0.254 e. The quantitative estimate of drug-likeness (QED) is 0.927. The number of nitrogens with zero attached hydrogens (tertiary/aromatic N) is 1. The molecule has 0 aliphatic carbocycles. The van der Waals surface area contributed by atoms with Crippen LogP contribution in [0.2, 0.25) is 10.0 Å². The summed E-state index contributed by atoms with van der Waals surface area (Å²) in [6.07, 6.45) is 2.09. The van der Waals surface area contributed by atoms with Crippen molar-refractivity contribution in [2.45, 2.75) is 18.9 Å². The van der Waals surface area contributed by atoms with Gasteiger partial charge in [0.25, 0.3) is 5.91 Å². The molecule has 1 aromatic carbocycles. The van der Waals surface area contributed by atoms with Crippen molar-refractivity contribution in [2.24, 2.45) is 0 Å². The molecule has 18 heavy (non-hydrogen) atoms. The van der Waals surface area contributed by atoms with Gasteiger partial charge in [0.1, 0.15) is 0 Å². The van der Waals surface area contributed by atoms with Crippen molar-refractivity contribution < 1.29 is 4.79 Å². The van der Waals surface area contributed by atoms with E-state index in [1.54, 1.807) is 18.2 Å². The summed E-state index contributed by atoms with van der Waals surface area (Å²) in [6.45, 7) is 1.62. The van der Waals surface area contributed by atoms with Gasteiger partial charge in [-0.3, -0.25) is 4.79 Å². The fraction of sp³-hybridized carbons (Fsp3) is 0.462. The molecule has 1 fully saturated rings. The molecule has 2 rings (SSSR count). The van der Waals surface area contributed by atoms with E-state index in [1.165, 1.54) is 0 Å². The minimum absolute atomic E-state index is 0.0113. The average molecular weight is 287 g/mol. The number of hydrogen-bond acceptors (Lipinski definition) is 2. The van der Waals surface area contributed by atoms with Crippen molar-refractivity contribution in [3.63, 3.8) is 0 Å². The molecule has 3 nitrogen and oxygen atoms in total. The van der Waals surface area contributed by atoms with Crippen LogP contribution in [0.3, 0.4) is 0 Å². The first-order valence-corrected chi connectivity index (χ1v) is 6.79. The second-order valence-electron chi connectivity index (χ2n) is 4.51. The van der Waals surface area contributed by atoms with Gasteiger partial charge in [0.15, 0.2) is 0 Å². The molecule has 98 valence electrons. The normalized spacial score (nSPS) is 19.3. The van der Waals surface area contributed by atoms with E-state index in [2.05, 4.69) is 5.32 Å². The highest BCUT2D eigenvalue weighted by molar-refractivity contribution is 6.35. The van der Waals surface area contributed by atoms with E-state index in [0.29, 0.717) is 15.6 Å². The van der Waals surface area contributed by atoms with E-state index in [4.69, 9.17) is 23.2 Å². The molecule has 1 saturated heterocycles. The monoisotopic (exact) mass is 286 g/mol.